The summed E-state index contributed by atoms with van der Waals surface area (Å²) >= 11 is 0. The summed E-state index contributed by atoms with van der Waals surface area (Å²) in [6, 6.07) is 22.9. The lowest BCUT2D eigenvalue weighted by molar-refractivity contribution is 0.0696. The Kier molecular flexibility index (Phi) is 6.15. The summed E-state index contributed by atoms with van der Waals surface area (Å²) in [4.78, 5) is 30.3. The zero-order valence-electron chi connectivity index (χ0n) is 19.5. The van der Waals surface area contributed by atoms with Gasteiger partial charge in [-0.25, -0.2) is 9.78 Å². The number of nitrogens with zero attached hydrogens (tertiary/aromatic N) is 3. The van der Waals surface area contributed by atoms with Crippen molar-refractivity contribution < 1.29 is 18.7 Å². The van der Waals surface area contributed by atoms with Crippen molar-refractivity contribution in [1.82, 2.24) is 9.66 Å². The summed E-state index contributed by atoms with van der Waals surface area (Å²) in [5, 5.41) is 4.94. The molecule has 0 bridgehead atoms. The van der Waals surface area contributed by atoms with Crippen molar-refractivity contribution in [3.63, 3.8) is 0 Å². The minimum Gasteiger partial charge on any atom is -0.493 e. The lowest BCUT2D eigenvalue weighted by atomic mass is 10.1. The van der Waals surface area contributed by atoms with Crippen LogP contribution in [0.15, 0.2) is 99.4 Å². The van der Waals surface area contributed by atoms with Crippen molar-refractivity contribution >= 4 is 23.1 Å². The molecule has 0 atom stereocenters. The third-order valence-electron chi connectivity index (χ3n) is 5.47. The lowest BCUT2D eigenvalue weighted by Gasteiger charge is -2.11. The number of methoxy groups -OCH3 is 1. The molecule has 2 heterocycles. The predicted octanol–water partition coefficient (Wildman–Crippen LogP) is 5.07. The quantitative estimate of drug-likeness (QED) is 0.192. The van der Waals surface area contributed by atoms with Gasteiger partial charge in [-0.15, -0.1) is 0 Å². The highest BCUT2D eigenvalue weighted by Crippen LogP contribution is 2.28. The van der Waals surface area contributed by atoms with Gasteiger partial charge in [0.05, 0.1) is 30.5 Å². The van der Waals surface area contributed by atoms with Crippen molar-refractivity contribution in [2.24, 2.45) is 5.10 Å². The van der Waals surface area contributed by atoms with Crippen molar-refractivity contribution in [2.45, 2.75) is 6.92 Å². The molecule has 0 aliphatic rings. The molecule has 0 aliphatic carbocycles. The fourth-order valence-corrected chi connectivity index (χ4v) is 3.72. The van der Waals surface area contributed by atoms with Gasteiger partial charge in [-0.2, -0.15) is 9.78 Å². The highest BCUT2D eigenvalue weighted by atomic mass is 16.6. The van der Waals surface area contributed by atoms with E-state index in [1.165, 1.54) is 30.3 Å². The Balaban J connectivity index is 1.54. The minimum absolute atomic E-state index is 0.0783. The van der Waals surface area contributed by atoms with Crippen LogP contribution in [0, 0.1) is 6.92 Å². The smallest absolute Gasteiger partial charge is 0.379 e. The van der Waals surface area contributed by atoms with E-state index in [-0.39, 0.29) is 17.1 Å². The van der Waals surface area contributed by atoms with Gasteiger partial charge in [-0.05, 0) is 61.0 Å². The van der Waals surface area contributed by atoms with E-state index >= 15 is 0 Å². The number of hydrogen-bond donors (Lipinski definition) is 0. The average molecular weight is 479 g/mol. The van der Waals surface area contributed by atoms with Crippen LogP contribution >= 0.6 is 0 Å². The number of furan rings is 1. The standard InChI is InChI=1S/C28H21N3O5/c1-18-7-5-8-20(15-18)26-30-22-10-4-3-9-21(22)27(32)31(26)29-17-19-12-13-23(25(16-19)34-2)36-28(33)24-11-6-14-35-24/h3-17H,1-2H3. The van der Waals surface area contributed by atoms with E-state index in [1.807, 2.05) is 37.3 Å². The number of esters is 1. The molecule has 5 rings (SSSR count). The molecule has 178 valence electrons. The van der Waals surface area contributed by atoms with E-state index in [4.69, 9.17) is 18.9 Å². The second kappa shape index (κ2) is 9.71. The van der Waals surface area contributed by atoms with E-state index in [0.717, 1.165) is 11.1 Å². The van der Waals surface area contributed by atoms with E-state index < -0.39 is 5.97 Å². The zero-order chi connectivity index (χ0) is 25.1. The number of ether oxygens (including phenoxy) is 2. The number of benzene rings is 3. The molecular weight excluding hydrogens is 458 g/mol. The zero-order valence-corrected chi connectivity index (χ0v) is 19.5. The van der Waals surface area contributed by atoms with Crippen LogP contribution in [0.2, 0.25) is 0 Å². The molecule has 0 saturated carbocycles. The number of fused-ring (bicyclic) bond motifs is 1. The Morgan fingerprint density at radius 3 is 2.64 bits per heavy atom. The summed E-state index contributed by atoms with van der Waals surface area (Å²) < 4.78 is 17.1. The van der Waals surface area contributed by atoms with Crippen LogP contribution in [0.1, 0.15) is 21.7 Å². The summed E-state index contributed by atoms with van der Waals surface area (Å²) in [5.41, 5.74) is 2.74. The van der Waals surface area contributed by atoms with E-state index in [2.05, 4.69) is 5.10 Å². The van der Waals surface area contributed by atoms with Gasteiger partial charge < -0.3 is 13.9 Å². The molecule has 8 heteroatoms. The molecule has 0 unspecified atom stereocenters. The number of aryl methyl sites for hydroxylation is 1. The molecule has 0 saturated heterocycles. The first-order valence-electron chi connectivity index (χ1n) is 11.1. The highest BCUT2D eigenvalue weighted by molar-refractivity contribution is 5.89. The van der Waals surface area contributed by atoms with Crippen LogP contribution in [0.4, 0.5) is 0 Å². The van der Waals surface area contributed by atoms with Crippen LogP contribution in [-0.2, 0) is 0 Å². The van der Waals surface area contributed by atoms with Gasteiger partial charge in [-0.1, -0.05) is 35.9 Å². The first kappa shape index (κ1) is 22.8. The number of carbonyl (C=O) groups is 1. The third-order valence-corrected chi connectivity index (χ3v) is 5.47. The summed E-state index contributed by atoms with van der Waals surface area (Å²) in [6.45, 7) is 1.97. The second-order valence-electron chi connectivity index (χ2n) is 7.96. The van der Waals surface area contributed by atoms with Crippen molar-refractivity contribution in [1.29, 1.82) is 0 Å². The van der Waals surface area contributed by atoms with E-state index in [1.54, 1.807) is 42.5 Å². The van der Waals surface area contributed by atoms with Crippen molar-refractivity contribution in [3.05, 3.63) is 112 Å². The van der Waals surface area contributed by atoms with Gasteiger partial charge in [0, 0.05) is 5.56 Å². The Hall–Kier alpha value is -4.98. The fraction of sp³-hybridized carbons (Fsp3) is 0.0714. The molecule has 0 aliphatic heterocycles. The second-order valence-corrected chi connectivity index (χ2v) is 7.96. The SMILES string of the molecule is COc1cc(C=Nn2c(-c3cccc(C)c3)nc3ccccc3c2=O)ccc1OC(=O)c1ccco1. The first-order chi connectivity index (χ1) is 17.5. The van der Waals surface area contributed by atoms with Crippen LogP contribution in [0.25, 0.3) is 22.3 Å². The van der Waals surface area contributed by atoms with Crippen LogP contribution in [-0.4, -0.2) is 29.0 Å². The Morgan fingerprint density at radius 2 is 1.86 bits per heavy atom. The first-order valence-corrected chi connectivity index (χ1v) is 11.1. The van der Waals surface area contributed by atoms with Gasteiger partial charge >= 0.3 is 5.97 Å². The summed E-state index contributed by atoms with van der Waals surface area (Å²) in [7, 11) is 1.47. The maximum atomic E-state index is 13.4. The van der Waals surface area contributed by atoms with E-state index in [9.17, 15) is 9.59 Å². The molecule has 36 heavy (non-hydrogen) atoms. The van der Waals surface area contributed by atoms with Crippen LogP contribution in [0.5, 0.6) is 11.5 Å². The number of hydrogen-bond acceptors (Lipinski definition) is 7. The lowest BCUT2D eigenvalue weighted by Crippen LogP contribution is -2.20. The maximum absolute atomic E-state index is 13.4. The molecule has 3 aromatic carbocycles. The summed E-state index contributed by atoms with van der Waals surface area (Å²) in [6.07, 6.45) is 2.92. The topological polar surface area (TPSA) is 95.9 Å². The van der Waals surface area contributed by atoms with E-state index in [0.29, 0.717) is 28.0 Å². The van der Waals surface area contributed by atoms with Crippen molar-refractivity contribution in [3.8, 4) is 22.9 Å². The number of aromatic nitrogens is 2. The molecule has 0 N–H and O–H groups in total. The van der Waals surface area contributed by atoms with Crippen molar-refractivity contribution in [2.75, 3.05) is 7.11 Å². The third kappa shape index (κ3) is 4.52. The molecule has 0 radical (unpaired) electrons. The van der Waals surface area contributed by atoms with Gasteiger partial charge in [0.1, 0.15) is 0 Å². The fourth-order valence-electron chi connectivity index (χ4n) is 3.72. The maximum Gasteiger partial charge on any atom is 0.379 e. The Labute approximate surface area is 206 Å². The van der Waals surface area contributed by atoms with Gasteiger partial charge in [0.25, 0.3) is 5.56 Å². The minimum atomic E-state index is -0.642. The van der Waals surface area contributed by atoms with Gasteiger partial charge in [0.2, 0.25) is 5.76 Å². The van der Waals surface area contributed by atoms with Crippen LogP contribution in [0.3, 0.4) is 0 Å². The van der Waals surface area contributed by atoms with Gasteiger partial charge in [0.15, 0.2) is 17.3 Å². The highest BCUT2D eigenvalue weighted by Gasteiger charge is 2.16. The molecule has 5 aromatic rings. The normalized spacial score (nSPS) is 11.2. The summed E-state index contributed by atoms with van der Waals surface area (Å²) in [5.74, 6) is 0.406. The molecule has 0 amide bonds. The molecule has 0 spiro atoms. The predicted molar refractivity (Wildman–Crippen MR) is 136 cm³/mol. The number of carbonyl (C=O) groups excluding carboxylic acids is 1. The number of rotatable bonds is 6. The molecule has 0 fully saturated rings. The average Bonchev–Trinajstić information content (AvgIpc) is 3.44. The molecular formula is C28H21N3O5. The molecule has 2 aromatic heterocycles. The van der Waals surface area contributed by atoms with Gasteiger partial charge in [-0.3, -0.25) is 4.79 Å². The Morgan fingerprint density at radius 1 is 1.00 bits per heavy atom. The number of para-hydroxylation sites is 1. The molecule has 8 nitrogen and oxygen atoms in total. The Bertz CT molecular complexity index is 1650. The largest absolute Gasteiger partial charge is 0.493 e. The monoisotopic (exact) mass is 479 g/mol. The van der Waals surface area contributed by atoms with Crippen LogP contribution < -0.4 is 15.0 Å².